The molecule has 0 saturated heterocycles. The van der Waals surface area contributed by atoms with Crippen LogP contribution in [0.15, 0.2) is 18.7 Å². The van der Waals surface area contributed by atoms with Crippen LogP contribution in [0.5, 0.6) is 17.2 Å². The molecule has 0 spiro atoms. The zero-order chi connectivity index (χ0) is 18.1. The van der Waals surface area contributed by atoms with E-state index in [-0.39, 0.29) is 13.0 Å². The van der Waals surface area contributed by atoms with E-state index in [1.165, 1.54) is 27.4 Å². The summed E-state index contributed by atoms with van der Waals surface area (Å²) < 4.78 is 54.4. The van der Waals surface area contributed by atoms with Gasteiger partial charge in [0.25, 0.3) is 0 Å². The summed E-state index contributed by atoms with van der Waals surface area (Å²) in [5, 5.41) is 0. The van der Waals surface area contributed by atoms with Crippen LogP contribution in [0.2, 0.25) is 0 Å². The summed E-state index contributed by atoms with van der Waals surface area (Å²) in [5.41, 5.74) is 1.15. The molecule has 1 atom stereocenters. The van der Waals surface area contributed by atoms with Crippen molar-refractivity contribution in [3.05, 3.63) is 29.8 Å². The van der Waals surface area contributed by atoms with E-state index < -0.39 is 18.1 Å². The van der Waals surface area contributed by atoms with Crippen molar-refractivity contribution in [2.24, 2.45) is 0 Å². The third-order valence-electron chi connectivity index (χ3n) is 3.95. The van der Waals surface area contributed by atoms with Crippen molar-refractivity contribution in [2.75, 3.05) is 27.9 Å². The minimum atomic E-state index is -4.95. The molecule has 1 aliphatic rings. The van der Waals surface area contributed by atoms with Crippen LogP contribution in [-0.2, 0) is 11.2 Å². The van der Waals surface area contributed by atoms with Gasteiger partial charge in [-0.2, -0.15) is 13.2 Å². The first-order valence-corrected chi connectivity index (χ1v) is 7.12. The van der Waals surface area contributed by atoms with Crippen molar-refractivity contribution in [3.63, 3.8) is 0 Å². The average Bonchev–Trinajstić information content (AvgIpc) is 2.56. The molecular weight excluding hydrogens is 327 g/mol. The van der Waals surface area contributed by atoms with Crippen molar-refractivity contribution in [1.82, 2.24) is 4.90 Å². The number of benzene rings is 1. The number of fused-ring (bicyclic) bond motifs is 1. The topological polar surface area (TPSA) is 48.0 Å². The van der Waals surface area contributed by atoms with Crippen LogP contribution in [0.1, 0.15) is 17.2 Å². The molecule has 0 aromatic heterocycles. The number of methoxy groups -OCH3 is 3. The Labute approximate surface area is 137 Å². The predicted octanol–water partition coefficient (Wildman–Crippen LogP) is 2.89. The Morgan fingerprint density at radius 2 is 1.88 bits per heavy atom. The van der Waals surface area contributed by atoms with Crippen LogP contribution in [0.25, 0.3) is 0 Å². The van der Waals surface area contributed by atoms with E-state index in [1.54, 1.807) is 6.07 Å². The van der Waals surface area contributed by atoms with Gasteiger partial charge in [-0.15, -0.1) is 6.58 Å². The summed E-state index contributed by atoms with van der Waals surface area (Å²) in [6.07, 6.45) is -3.45. The second-order valence-electron chi connectivity index (χ2n) is 5.14. The van der Waals surface area contributed by atoms with E-state index in [1.807, 2.05) is 0 Å². The Bertz CT molecular complexity index is 658. The van der Waals surface area contributed by atoms with Gasteiger partial charge >= 0.3 is 12.1 Å². The maximum absolute atomic E-state index is 12.8. The van der Waals surface area contributed by atoms with Gasteiger partial charge in [-0.05, 0) is 18.1 Å². The molecule has 24 heavy (non-hydrogen) atoms. The number of hydrogen-bond acceptors (Lipinski definition) is 4. The lowest BCUT2D eigenvalue weighted by Gasteiger charge is -2.37. The van der Waals surface area contributed by atoms with Crippen molar-refractivity contribution < 1.29 is 32.2 Å². The number of carbonyl (C=O) groups excluding carboxylic acids is 1. The largest absolute Gasteiger partial charge is 0.493 e. The van der Waals surface area contributed by atoms with Gasteiger partial charge in [0.15, 0.2) is 11.5 Å². The Balaban J connectivity index is 2.61. The fourth-order valence-corrected chi connectivity index (χ4v) is 2.94. The fraction of sp³-hybridized carbons (Fsp3) is 0.438. The van der Waals surface area contributed by atoms with Gasteiger partial charge in [-0.1, -0.05) is 6.08 Å². The summed E-state index contributed by atoms with van der Waals surface area (Å²) >= 11 is 0. The number of carbonyl (C=O) groups is 1. The molecule has 1 aromatic carbocycles. The quantitative estimate of drug-likeness (QED) is 0.788. The minimum absolute atomic E-state index is 0.103. The van der Waals surface area contributed by atoms with Gasteiger partial charge in [0.1, 0.15) is 0 Å². The van der Waals surface area contributed by atoms with Crippen LogP contribution in [-0.4, -0.2) is 44.9 Å². The van der Waals surface area contributed by atoms with Crippen LogP contribution >= 0.6 is 0 Å². The smallest absolute Gasteiger partial charge is 0.471 e. The van der Waals surface area contributed by atoms with E-state index in [4.69, 9.17) is 14.2 Å². The highest BCUT2D eigenvalue weighted by atomic mass is 19.4. The van der Waals surface area contributed by atoms with E-state index in [0.717, 1.165) is 4.90 Å². The number of nitrogens with zero attached hydrogens (tertiary/aromatic N) is 1. The zero-order valence-corrected chi connectivity index (χ0v) is 13.6. The zero-order valence-electron chi connectivity index (χ0n) is 13.6. The molecule has 0 saturated carbocycles. The molecule has 1 aromatic rings. The Kier molecular flexibility index (Phi) is 4.96. The fourth-order valence-electron chi connectivity index (χ4n) is 2.94. The molecule has 1 aliphatic heterocycles. The minimum Gasteiger partial charge on any atom is -0.493 e. The molecule has 132 valence electrons. The SMILES string of the molecule is C=C[C@H]1c2cc(OC)c(OC)c(OC)c2CCN1C(=O)C(F)(F)F. The standard InChI is InChI=1S/C16H18F3NO4/c1-5-11-10-8-12(22-2)14(24-4)13(23-3)9(10)6-7-20(11)15(21)16(17,18)19/h5,8,11H,1,6-7H2,2-4H3/t11-/m0/s1. The maximum Gasteiger partial charge on any atom is 0.471 e. The third-order valence-corrected chi connectivity index (χ3v) is 3.95. The molecule has 1 heterocycles. The maximum atomic E-state index is 12.8. The first-order valence-electron chi connectivity index (χ1n) is 7.12. The molecule has 0 radical (unpaired) electrons. The van der Waals surface area contributed by atoms with Gasteiger partial charge in [0.05, 0.1) is 27.4 Å². The number of hydrogen-bond donors (Lipinski definition) is 0. The average molecular weight is 345 g/mol. The summed E-state index contributed by atoms with van der Waals surface area (Å²) in [6.45, 7) is 3.47. The summed E-state index contributed by atoms with van der Waals surface area (Å²) in [4.78, 5) is 12.4. The second-order valence-corrected chi connectivity index (χ2v) is 5.14. The number of alkyl halides is 3. The molecule has 0 N–H and O–H groups in total. The molecular formula is C16H18F3NO4. The monoisotopic (exact) mass is 345 g/mol. The van der Waals surface area contributed by atoms with Gasteiger partial charge in [-0.3, -0.25) is 4.79 Å². The summed E-state index contributed by atoms with van der Waals surface area (Å²) in [5.74, 6) is -0.844. The number of ether oxygens (including phenoxy) is 3. The van der Waals surface area contributed by atoms with E-state index in [2.05, 4.69) is 6.58 Å². The molecule has 5 nitrogen and oxygen atoms in total. The van der Waals surface area contributed by atoms with Crippen molar-refractivity contribution >= 4 is 5.91 Å². The summed E-state index contributed by atoms with van der Waals surface area (Å²) in [7, 11) is 4.29. The van der Waals surface area contributed by atoms with Crippen molar-refractivity contribution in [1.29, 1.82) is 0 Å². The molecule has 1 amide bonds. The molecule has 0 aliphatic carbocycles. The molecule has 8 heteroatoms. The van der Waals surface area contributed by atoms with Crippen LogP contribution in [0.4, 0.5) is 13.2 Å². The number of amides is 1. The van der Waals surface area contributed by atoms with E-state index in [0.29, 0.717) is 28.4 Å². The number of halogens is 3. The van der Waals surface area contributed by atoms with E-state index in [9.17, 15) is 18.0 Å². The molecule has 0 unspecified atom stereocenters. The first-order chi connectivity index (χ1) is 11.3. The Morgan fingerprint density at radius 1 is 1.25 bits per heavy atom. The first kappa shape index (κ1) is 18.0. The molecule has 0 fully saturated rings. The Morgan fingerprint density at radius 3 is 2.33 bits per heavy atom. The number of rotatable bonds is 4. The van der Waals surface area contributed by atoms with Gasteiger partial charge < -0.3 is 19.1 Å². The lowest BCUT2D eigenvalue weighted by Crippen LogP contribution is -2.46. The highest BCUT2D eigenvalue weighted by Crippen LogP contribution is 2.47. The lowest BCUT2D eigenvalue weighted by molar-refractivity contribution is -0.187. The molecule has 0 bridgehead atoms. The van der Waals surface area contributed by atoms with Crippen LogP contribution < -0.4 is 14.2 Å². The van der Waals surface area contributed by atoms with Gasteiger partial charge in [-0.25, -0.2) is 0 Å². The lowest BCUT2D eigenvalue weighted by atomic mass is 9.90. The van der Waals surface area contributed by atoms with Crippen LogP contribution in [0, 0.1) is 0 Å². The highest BCUT2D eigenvalue weighted by Gasteiger charge is 2.46. The Hall–Kier alpha value is -2.38. The van der Waals surface area contributed by atoms with Gasteiger partial charge in [0.2, 0.25) is 5.75 Å². The molecule has 2 rings (SSSR count). The third kappa shape index (κ3) is 2.88. The normalized spacial score (nSPS) is 17.1. The predicted molar refractivity (Wildman–Crippen MR) is 80.5 cm³/mol. The van der Waals surface area contributed by atoms with Gasteiger partial charge in [0, 0.05) is 12.1 Å². The van der Waals surface area contributed by atoms with Crippen LogP contribution in [0.3, 0.4) is 0 Å². The van der Waals surface area contributed by atoms with Crippen molar-refractivity contribution in [3.8, 4) is 17.2 Å². The summed E-state index contributed by atoms with van der Waals surface area (Å²) in [6, 6.07) is 0.621. The second kappa shape index (κ2) is 6.62. The van der Waals surface area contributed by atoms with E-state index >= 15 is 0 Å². The van der Waals surface area contributed by atoms with Crippen molar-refractivity contribution in [2.45, 2.75) is 18.6 Å². The highest BCUT2D eigenvalue weighted by molar-refractivity contribution is 5.83.